The van der Waals surface area contributed by atoms with E-state index in [2.05, 4.69) is 61.5 Å². The average Bonchev–Trinajstić information content (AvgIpc) is 3.05. The van der Waals surface area contributed by atoms with Gasteiger partial charge < -0.3 is 5.11 Å². The summed E-state index contributed by atoms with van der Waals surface area (Å²) in [4.78, 5) is 0. The summed E-state index contributed by atoms with van der Waals surface area (Å²) in [7, 11) is 0. The molecule has 0 radical (unpaired) electrons. The minimum Gasteiger partial charge on any atom is -0.393 e. The number of fused-ring (bicyclic) bond motifs is 7. The van der Waals surface area contributed by atoms with Gasteiger partial charge in [0.2, 0.25) is 0 Å². The van der Waals surface area contributed by atoms with Crippen LogP contribution >= 0.6 is 0 Å². The fourth-order valence-electron chi connectivity index (χ4n) is 11.2. The van der Waals surface area contributed by atoms with Gasteiger partial charge in [-0.3, -0.25) is 0 Å². The van der Waals surface area contributed by atoms with Crippen molar-refractivity contribution in [3.63, 3.8) is 0 Å². The molecule has 1 nitrogen and oxygen atoms in total. The van der Waals surface area contributed by atoms with Crippen molar-refractivity contribution in [3.8, 4) is 0 Å². The number of hydrogen-bond donors (Lipinski definition) is 1. The predicted octanol–water partition coefficient (Wildman–Crippen LogP) is 8.02. The molecule has 0 amide bonds. The van der Waals surface area contributed by atoms with E-state index in [4.69, 9.17) is 0 Å². The lowest BCUT2D eigenvalue weighted by Crippen LogP contribution is -2.62. The van der Waals surface area contributed by atoms with Crippen molar-refractivity contribution in [2.24, 2.45) is 56.7 Å². The van der Waals surface area contributed by atoms with E-state index < -0.39 is 0 Å². The Labute approximate surface area is 192 Å². The number of allylic oxidation sites excluding steroid dienone is 2. The van der Waals surface area contributed by atoms with Gasteiger partial charge in [-0.25, -0.2) is 0 Å². The molecule has 0 bridgehead atoms. The average molecular weight is 427 g/mol. The molecule has 0 heterocycles. The Kier molecular flexibility index (Phi) is 4.82. The maximum Gasteiger partial charge on any atom is 0.0594 e. The van der Waals surface area contributed by atoms with Crippen LogP contribution in [0.5, 0.6) is 0 Å². The van der Waals surface area contributed by atoms with E-state index >= 15 is 0 Å². The van der Waals surface area contributed by atoms with Crippen LogP contribution in [0.4, 0.5) is 0 Å². The van der Waals surface area contributed by atoms with Crippen LogP contribution in [-0.4, -0.2) is 11.2 Å². The molecule has 4 saturated carbocycles. The zero-order chi connectivity index (χ0) is 22.6. The van der Waals surface area contributed by atoms with Gasteiger partial charge in [-0.15, -0.1) is 0 Å². The second-order valence-electron chi connectivity index (χ2n) is 14.7. The molecule has 0 aromatic carbocycles. The Hall–Kier alpha value is -0.300. The molecule has 9 atom stereocenters. The second kappa shape index (κ2) is 6.64. The molecule has 0 aliphatic heterocycles. The molecule has 0 aromatic rings. The molecular weight excluding hydrogens is 376 g/mol. The van der Waals surface area contributed by atoms with Gasteiger partial charge in [-0.1, -0.05) is 67.0 Å². The summed E-state index contributed by atoms with van der Waals surface area (Å²) in [6.45, 7) is 20.4. The first kappa shape index (κ1) is 22.5. The summed E-state index contributed by atoms with van der Waals surface area (Å²) in [6.07, 6.45) is 14.6. The summed E-state index contributed by atoms with van der Waals surface area (Å²) >= 11 is 0. The highest BCUT2D eigenvalue weighted by atomic mass is 16.3. The van der Waals surface area contributed by atoms with Crippen molar-refractivity contribution in [2.75, 3.05) is 0 Å². The zero-order valence-corrected chi connectivity index (χ0v) is 21.9. The standard InChI is InChI=1S/C30H50O/c1-19(2)20-9-12-24-28(20,6)17-18-29(7)22-10-11-23-26(3,4)25(31)14-15-27(23,5)21(22)13-16-30(24,29)8/h13,19-20,22-25,31H,9-12,14-18H2,1-8H3/t20?,22-,23+,24+,25?,27-,28+,29+,30-/m1/s1. The molecule has 1 N–H and O–H groups in total. The fourth-order valence-corrected chi connectivity index (χ4v) is 11.2. The van der Waals surface area contributed by atoms with E-state index in [1.54, 1.807) is 0 Å². The molecule has 0 spiro atoms. The molecule has 5 aliphatic rings. The van der Waals surface area contributed by atoms with Crippen LogP contribution in [0.1, 0.15) is 113 Å². The lowest BCUT2D eigenvalue weighted by Gasteiger charge is -2.69. The van der Waals surface area contributed by atoms with Crippen molar-refractivity contribution >= 4 is 0 Å². The number of hydrogen-bond acceptors (Lipinski definition) is 1. The van der Waals surface area contributed by atoms with Gasteiger partial charge in [-0.2, -0.15) is 0 Å². The normalized spacial score (nSPS) is 55.7. The van der Waals surface area contributed by atoms with E-state index in [0.29, 0.717) is 27.6 Å². The smallest absolute Gasteiger partial charge is 0.0594 e. The van der Waals surface area contributed by atoms with Crippen LogP contribution in [0.25, 0.3) is 0 Å². The van der Waals surface area contributed by atoms with E-state index in [0.717, 1.165) is 30.1 Å². The number of aliphatic hydroxyl groups is 1. The van der Waals surface area contributed by atoms with Crippen molar-refractivity contribution in [2.45, 2.75) is 119 Å². The van der Waals surface area contributed by atoms with Crippen LogP contribution in [0, 0.1) is 56.7 Å². The molecule has 1 heteroatoms. The third-order valence-corrected chi connectivity index (χ3v) is 13.2. The molecular formula is C30H50O. The highest BCUT2D eigenvalue weighted by molar-refractivity contribution is 5.33. The highest BCUT2D eigenvalue weighted by Crippen LogP contribution is 2.76. The predicted molar refractivity (Wildman–Crippen MR) is 131 cm³/mol. The van der Waals surface area contributed by atoms with Gasteiger partial charge in [0, 0.05) is 0 Å². The largest absolute Gasteiger partial charge is 0.393 e. The lowest BCUT2D eigenvalue weighted by molar-refractivity contribution is -0.165. The second-order valence-corrected chi connectivity index (χ2v) is 14.7. The minimum atomic E-state index is -0.131. The van der Waals surface area contributed by atoms with Crippen molar-refractivity contribution < 1.29 is 5.11 Å². The Morgan fingerprint density at radius 3 is 2.16 bits per heavy atom. The lowest BCUT2D eigenvalue weighted by atomic mass is 9.35. The van der Waals surface area contributed by atoms with Crippen LogP contribution in [0.15, 0.2) is 11.6 Å². The van der Waals surface area contributed by atoms with Gasteiger partial charge >= 0.3 is 0 Å². The van der Waals surface area contributed by atoms with Crippen LogP contribution in [0.2, 0.25) is 0 Å². The van der Waals surface area contributed by atoms with Gasteiger partial charge in [0.15, 0.2) is 0 Å². The third-order valence-electron chi connectivity index (χ3n) is 13.2. The Bertz CT molecular complexity index is 777. The third kappa shape index (κ3) is 2.60. The zero-order valence-electron chi connectivity index (χ0n) is 21.9. The molecule has 2 unspecified atom stereocenters. The van der Waals surface area contributed by atoms with Gasteiger partial charge in [0.25, 0.3) is 0 Å². The first-order chi connectivity index (χ1) is 14.3. The van der Waals surface area contributed by atoms with Crippen molar-refractivity contribution in [3.05, 3.63) is 11.6 Å². The number of aliphatic hydroxyl groups excluding tert-OH is 1. The van der Waals surface area contributed by atoms with Crippen molar-refractivity contribution in [1.82, 2.24) is 0 Å². The van der Waals surface area contributed by atoms with E-state index in [1.807, 2.05) is 5.57 Å². The molecule has 31 heavy (non-hydrogen) atoms. The maximum atomic E-state index is 10.8. The number of rotatable bonds is 1. The Balaban J connectivity index is 1.55. The van der Waals surface area contributed by atoms with Gasteiger partial charge in [0.1, 0.15) is 0 Å². The summed E-state index contributed by atoms with van der Waals surface area (Å²) in [5.74, 6) is 4.02. The Morgan fingerprint density at radius 2 is 1.48 bits per heavy atom. The van der Waals surface area contributed by atoms with Crippen LogP contribution < -0.4 is 0 Å². The molecule has 176 valence electrons. The maximum absolute atomic E-state index is 10.8. The molecule has 5 rings (SSSR count). The first-order valence-corrected chi connectivity index (χ1v) is 13.7. The van der Waals surface area contributed by atoms with E-state index in [-0.39, 0.29) is 11.5 Å². The minimum absolute atomic E-state index is 0.0432. The summed E-state index contributed by atoms with van der Waals surface area (Å²) in [5.41, 5.74) is 3.61. The van der Waals surface area contributed by atoms with Crippen LogP contribution in [-0.2, 0) is 0 Å². The summed E-state index contributed by atoms with van der Waals surface area (Å²) < 4.78 is 0. The first-order valence-electron chi connectivity index (χ1n) is 13.7. The molecule has 0 aromatic heterocycles. The van der Waals surface area contributed by atoms with E-state index in [1.165, 1.54) is 51.4 Å². The van der Waals surface area contributed by atoms with Crippen LogP contribution in [0.3, 0.4) is 0 Å². The highest BCUT2D eigenvalue weighted by Gasteiger charge is 2.68. The summed E-state index contributed by atoms with van der Waals surface area (Å²) in [5, 5.41) is 10.8. The topological polar surface area (TPSA) is 20.2 Å². The fraction of sp³-hybridized carbons (Fsp3) is 0.933. The molecule has 0 saturated heterocycles. The Morgan fingerprint density at radius 1 is 0.806 bits per heavy atom. The quantitative estimate of drug-likeness (QED) is 0.421. The van der Waals surface area contributed by atoms with Gasteiger partial charge in [0.05, 0.1) is 6.10 Å². The SMILES string of the molecule is CC(C)C1CC[C@H]2[C@@]1(C)CC[C@@]1(C)[C@@H]3CC[C@H]4C(C)(C)C(O)CC[C@]4(C)C3=CC[C@]21C. The molecule has 5 aliphatic carbocycles. The van der Waals surface area contributed by atoms with Crippen molar-refractivity contribution in [1.29, 1.82) is 0 Å². The summed E-state index contributed by atoms with van der Waals surface area (Å²) in [6, 6.07) is 0. The molecule has 4 fully saturated rings. The monoisotopic (exact) mass is 426 g/mol. The van der Waals surface area contributed by atoms with E-state index in [9.17, 15) is 5.11 Å². The van der Waals surface area contributed by atoms with Gasteiger partial charge in [-0.05, 0) is 114 Å².